The fraction of sp³-hybridized carbons (Fsp3) is 0.783. The van der Waals surface area contributed by atoms with Crippen LogP contribution in [-0.2, 0) is 26.2 Å². The molecule has 1 aliphatic heterocycles. The Kier molecular flexibility index (Phi) is 13.7. The average Bonchev–Trinajstić information content (AvgIpc) is 2.84. The second-order valence-electron chi connectivity index (χ2n) is 9.14. The summed E-state index contributed by atoms with van der Waals surface area (Å²) in [5.74, 6) is 0.951. The van der Waals surface area contributed by atoms with Crippen LogP contribution in [0.3, 0.4) is 0 Å². The minimum atomic E-state index is 0.00694. The van der Waals surface area contributed by atoms with Crippen molar-refractivity contribution in [1.82, 2.24) is 26.3 Å². The van der Waals surface area contributed by atoms with E-state index in [0.717, 1.165) is 43.3 Å². The maximum atomic E-state index is 5.76. The predicted octanol–water partition coefficient (Wildman–Crippen LogP) is 3.50. The SMILES string of the molecule is NCCSc1cc2nc(c1)CN[C@@H]1CCCCC1NCCN[C@@H]1CCCCC1NC2.[Cl][Mn][Cl]. The van der Waals surface area contributed by atoms with Gasteiger partial charge in [-0.25, -0.2) is 0 Å². The van der Waals surface area contributed by atoms with Gasteiger partial charge in [0.05, 0.1) is 11.4 Å². The minimum absolute atomic E-state index is 0.00694. The van der Waals surface area contributed by atoms with E-state index in [2.05, 4.69) is 33.4 Å². The fourth-order valence-corrected chi connectivity index (χ4v) is 6.08. The zero-order valence-electron chi connectivity index (χ0n) is 19.4. The number of nitrogens with one attached hydrogen (secondary N) is 4. The van der Waals surface area contributed by atoms with E-state index < -0.39 is 0 Å². The maximum absolute atomic E-state index is 5.76. The summed E-state index contributed by atoms with van der Waals surface area (Å²) in [5, 5.41) is 15.4. The molecule has 2 unspecified atom stereocenters. The van der Waals surface area contributed by atoms with E-state index in [0.29, 0.717) is 30.7 Å². The van der Waals surface area contributed by atoms with Gasteiger partial charge >= 0.3 is 33.3 Å². The zero-order valence-corrected chi connectivity index (χ0v) is 22.9. The van der Waals surface area contributed by atoms with Crippen molar-refractivity contribution in [1.29, 1.82) is 0 Å². The van der Waals surface area contributed by atoms with Crippen molar-refractivity contribution in [3.05, 3.63) is 23.5 Å². The van der Waals surface area contributed by atoms with Crippen LogP contribution in [0.15, 0.2) is 17.0 Å². The molecule has 10 heteroatoms. The average molecular weight is 559 g/mol. The van der Waals surface area contributed by atoms with Crippen LogP contribution in [0.2, 0.25) is 0 Å². The quantitative estimate of drug-likeness (QED) is 0.287. The summed E-state index contributed by atoms with van der Waals surface area (Å²) in [4.78, 5) is 6.31. The Morgan fingerprint density at radius 1 is 0.818 bits per heavy atom. The van der Waals surface area contributed by atoms with E-state index in [1.807, 2.05) is 11.8 Å². The Hall–Kier alpha value is 0.399. The number of nitrogens with zero attached hydrogens (tertiary/aromatic N) is 1. The molecule has 2 aliphatic carbocycles. The fourth-order valence-electron chi connectivity index (χ4n) is 5.29. The van der Waals surface area contributed by atoms with Crippen LogP contribution < -0.4 is 27.0 Å². The molecule has 0 saturated heterocycles. The van der Waals surface area contributed by atoms with E-state index >= 15 is 0 Å². The molecule has 2 saturated carbocycles. The standard InChI is InChI=1S/C23H40N6S.2ClH.Mn/c24-9-12-30-19-13-17-15-27-22-7-3-1-5-20(22)25-10-11-26-21-6-2-4-8-23(21)28-16-18(14-19)29-17;;;/h13-14,20-23,25-28H,1-12,15-16,24H2;2*1H;/q;;;+2/p-2/t20-,21?,22?,23-;;;/m1.../s1. The first kappa shape index (κ1) is 28.0. The first-order valence-corrected chi connectivity index (χ1v) is 16.6. The summed E-state index contributed by atoms with van der Waals surface area (Å²) < 4.78 is 0. The molecule has 6 nitrogen and oxygen atoms in total. The number of nitrogens with two attached hydrogens (primary N) is 1. The monoisotopic (exact) mass is 557 g/mol. The van der Waals surface area contributed by atoms with Crippen molar-refractivity contribution >= 4 is 32.0 Å². The third-order valence-corrected chi connectivity index (χ3v) is 7.86. The van der Waals surface area contributed by atoms with Crippen LogP contribution in [0, 0.1) is 0 Å². The molecule has 33 heavy (non-hydrogen) atoms. The van der Waals surface area contributed by atoms with Crippen molar-refractivity contribution in [2.24, 2.45) is 5.73 Å². The molecular formula is C23H40Cl2MnN6S. The molecule has 0 amide bonds. The molecule has 0 spiro atoms. The van der Waals surface area contributed by atoms with Gasteiger partial charge in [0.25, 0.3) is 0 Å². The van der Waals surface area contributed by atoms with Gasteiger partial charge < -0.3 is 27.0 Å². The Labute approximate surface area is 218 Å². The molecule has 6 N–H and O–H groups in total. The van der Waals surface area contributed by atoms with Gasteiger partial charge in [0, 0.05) is 67.5 Å². The van der Waals surface area contributed by atoms with E-state index in [4.69, 9.17) is 30.9 Å². The molecule has 2 bridgehead atoms. The van der Waals surface area contributed by atoms with Crippen LogP contribution in [0.4, 0.5) is 0 Å². The Morgan fingerprint density at radius 3 is 1.67 bits per heavy atom. The summed E-state index contributed by atoms with van der Waals surface area (Å²) in [6, 6.07) is 6.72. The number of fused-ring (bicyclic) bond motifs is 4. The van der Waals surface area contributed by atoms with Crippen LogP contribution in [-0.4, -0.2) is 54.5 Å². The third kappa shape index (κ3) is 9.76. The normalized spacial score (nSPS) is 28.8. The molecule has 1 aromatic rings. The molecule has 2 heterocycles. The summed E-state index contributed by atoms with van der Waals surface area (Å²) in [5.41, 5.74) is 8.07. The van der Waals surface area contributed by atoms with Gasteiger partial charge in [-0.2, -0.15) is 0 Å². The Balaban J connectivity index is 0.000000968. The van der Waals surface area contributed by atoms with Gasteiger partial charge in [-0.15, -0.1) is 11.8 Å². The van der Waals surface area contributed by atoms with Gasteiger partial charge in [-0.3, -0.25) is 4.98 Å². The first-order valence-electron chi connectivity index (χ1n) is 12.4. The molecule has 3 aliphatic rings. The number of aromatic nitrogens is 1. The number of rotatable bonds is 3. The summed E-state index contributed by atoms with van der Waals surface area (Å²) >= 11 is 1.85. The molecule has 1 aromatic heterocycles. The second kappa shape index (κ2) is 16.2. The van der Waals surface area contributed by atoms with Crippen molar-refractivity contribution in [3.8, 4) is 0 Å². The third-order valence-electron chi connectivity index (χ3n) is 6.85. The molecule has 2 fully saturated rings. The topological polar surface area (TPSA) is 87.0 Å². The van der Waals surface area contributed by atoms with Gasteiger partial charge in [0.15, 0.2) is 0 Å². The summed E-state index contributed by atoms with van der Waals surface area (Å²) in [6.07, 6.45) is 10.4. The first-order chi connectivity index (χ1) is 16.2. The van der Waals surface area contributed by atoms with Crippen LogP contribution in [0.5, 0.6) is 0 Å². The van der Waals surface area contributed by atoms with Crippen LogP contribution in [0.25, 0.3) is 0 Å². The van der Waals surface area contributed by atoms with Gasteiger partial charge in [0.1, 0.15) is 0 Å². The van der Waals surface area contributed by atoms with Crippen LogP contribution in [0.1, 0.15) is 62.8 Å². The van der Waals surface area contributed by atoms with Crippen molar-refractivity contribution < 1.29 is 13.1 Å². The zero-order chi connectivity index (χ0) is 23.3. The molecule has 4 rings (SSSR count). The number of hydrogen-bond donors (Lipinski definition) is 5. The number of halogens is 2. The van der Waals surface area contributed by atoms with Crippen molar-refractivity contribution in [3.63, 3.8) is 0 Å². The number of pyridine rings is 1. The number of hydrogen-bond acceptors (Lipinski definition) is 7. The van der Waals surface area contributed by atoms with Crippen molar-refractivity contribution in [2.45, 2.75) is 93.5 Å². The van der Waals surface area contributed by atoms with E-state index in [9.17, 15) is 0 Å². The Bertz CT molecular complexity index is 640. The van der Waals surface area contributed by atoms with Crippen molar-refractivity contribution in [2.75, 3.05) is 25.4 Å². The number of thioether (sulfide) groups is 1. The molecule has 4 atom stereocenters. The van der Waals surface area contributed by atoms with Gasteiger partial charge in [-0.05, 0) is 37.8 Å². The predicted molar refractivity (Wildman–Crippen MR) is 137 cm³/mol. The molecule has 189 valence electrons. The van der Waals surface area contributed by atoms with Gasteiger partial charge in [0.2, 0.25) is 0 Å². The second-order valence-corrected chi connectivity index (χ2v) is 12.3. The Morgan fingerprint density at radius 2 is 1.24 bits per heavy atom. The molecule has 0 radical (unpaired) electrons. The van der Waals surface area contributed by atoms with E-state index in [1.54, 1.807) is 0 Å². The molecular weight excluding hydrogens is 518 g/mol. The van der Waals surface area contributed by atoms with E-state index in [-0.39, 0.29) is 13.1 Å². The summed E-state index contributed by atoms with van der Waals surface area (Å²) in [7, 11) is 9.59. The summed E-state index contributed by atoms with van der Waals surface area (Å²) in [6.45, 7) is 4.50. The van der Waals surface area contributed by atoms with Gasteiger partial charge in [-0.1, -0.05) is 25.7 Å². The molecule has 0 aromatic carbocycles. The van der Waals surface area contributed by atoms with E-state index in [1.165, 1.54) is 56.3 Å². The van der Waals surface area contributed by atoms with Crippen LogP contribution >= 0.6 is 32.0 Å².